The number of aromatic nitrogens is 5. The zero-order valence-corrected chi connectivity index (χ0v) is 8.64. The minimum atomic E-state index is 0.303. The van der Waals surface area contributed by atoms with Crippen molar-refractivity contribution in [1.82, 2.24) is 24.7 Å². The summed E-state index contributed by atoms with van der Waals surface area (Å²) < 4.78 is 1.78. The van der Waals surface area contributed by atoms with E-state index in [-0.39, 0.29) is 0 Å². The Morgan fingerprint density at radius 2 is 2.27 bits per heavy atom. The van der Waals surface area contributed by atoms with Crippen molar-refractivity contribution in [3.8, 4) is 6.07 Å². The molecule has 0 saturated carbocycles. The fourth-order valence-electron chi connectivity index (χ4n) is 0.885. The van der Waals surface area contributed by atoms with Crippen molar-refractivity contribution in [3.05, 3.63) is 24.4 Å². The van der Waals surface area contributed by atoms with Gasteiger partial charge in [0.2, 0.25) is 0 Å². The molecule has 0 amide bonds. The lowest BCUT2D eigenvalue weighted by Gasteiger charge is -1.98. The normalized spacial score (nSPS) is 9.87. The monoisotopic (exact) mass is 218 g/mol. The van der Waals surface area contributed by atoms with Crippen molar-refractivity contribution in [2.24, 2.45) is 7.05 Å². The van der Waals surface area contributed by atoms with Gasteiger partial charge in [-0.2, -0.15) is 5.26 Å². The molecule has 0 radical (unpaired) electrons. The van der Waals surface area contributed by atoms with Gasteiger partial charge in [-0.3, -0.25) is 0 Å². The van der Waals surface area contributed by atoms with Crippen LogP contribution in [0.5, 0.6) is 0 Å². The van der Waals surface area contributed by atoms with Gasteiger partial charge in [0.25, 0.3) is 0 Å². The summed E-state index contributed by atoms with van der Waals surface area (Å²) in [6.07, 6.45) is 4.58. The molecule has 2 rings (SSSR count). The second kappa shape index (κ2) is 4.06. The molecule has 74 valence electrons. The number of hydrogen-bond acceptors (Lipinski definition) is 6. The van der Waals surface area contributed by atoms with Crippen molar-refractivity contribution < 1.29 is 0 Å². The minimum absolute atomic E-state index is 0.303. The number of nitrogens with zero attached hydrogens (tertiary/aromatic N) is 6. The fraction of sp³-hybridized carbons (Fsp3) is 0.125. The second-order valence-corrected chi connectivity index (χ2v) is 3.67. The highest BCUT2D eigenvalue weighted by molar-refractivity contribution is 7.99. The Kier molecular flexibility index (Phi) is 2.60. The van der Waals surface area contributed by atoms with Crippen molar-refractivity contribution in [2.45, 2.75) is 10.2 Å². The van der Waals surface area contributed by atoms with Crippen LogP contribution in [0, 0.1) is 11.3 Å². The summed E-state index contributed by atoms with van der Waals surface area (Å²) in [4.78, 5) is 7.97. The molecule has 0 fully saturated rings. The van der Waals surface area contributed by atoms with E-state index in [1.54, 1.807) is 10.9 Å². The van der Waals surface area contributed by atoms with Crippen LogP contribution in [0.3, 0.4) is 0 Å². The van der Waals surface area contributed by atoms with Crippen molar-refractivity contribution >= 4 is 11.8 Å². The van der Waals surface area contributed by atoms with E-state index in [4.69, 9.17) is 5.26 Å². The molecular formula is C8H6N6S. The van der Waals surface area contributed by atoms with Gasteiger partial charge in [-0.25, -0.2) is 9.97 Å². The first-order valence-electron chi connectivity index (χ1n) is 4.03. The van der Waals surface area contributed by atoms with Crippen LogP contribution in [0.25, 0.3) is 0 Å². The lowest BCUT2D eigenvalue weighted by molar-refractivity contribution is 0.786. The minimum Gasteiger partial charge on any atom is -0.311 e. The summed E-state index contributed by atoms with van der Waals surface area (Å²) in [5.41, 5.74) is 0.303. The number of nitriles is 1. The smallest absolute Gasteiger partial charge is 0.197 e. The van der Waals surface area contributed by atoms with E-state index in [0.717, 1.165) is 5.16 Å². The van der Waals surface area contributed by atoms with E-state index in [1.165, 1.54) is 24.2 Å². The van der Waals surface area contributed by atoms with Crippen LogP contribution >= 0.6 is 11.8 Å². The molecule has 0 aliphatic carbocycles. The van der Waals surface area contributed by atoms with Gasteiger partial charge in [0.05, 0.1) is 12.4 Å². The first-order valence-corrected chi connectivity index (χ1v) is 4.85. The highest BCUT2D eigenvalue weighted by atomic mass is 32.2. The Labute approximate surface area is 90.0 Å². The third kappa shape index (κ3) is 2.11. The van der Waals surface area contributed by atoms with E-state index in [2.05, 4.69) is 20.2 Å². The summed E-state index contributed by atoms with van der Waals surface area (Å²) in [6, 6.07) is 1.91. The maximum absolute atomic E-state index is 8.54. The van der Waals surface area contributed by atoms with Crippen LogP contribution < -0.4 is 0 Å². The topological polar surface area (TPSA) is 80.3 Å². The van der Waals surface area contributed by atoms with E-state index in [0.29, 0.717) is 10.7 Å². The average Bonchev–Trinajstić information content (AvgIpc) is 2.66. The molecule has 2 aromatic heterocycles. The van der Waals surface area contributed by atoms with Crippen LogP contribution in [0.2, 0.25) is 0 Å². The van der Waals surface area contributed by atoms with Crippen molar-refractivity contribution in [1.29, 1.82) is 5.26 Å². The number of rotatable bonds is 2. The molecule has 0 aliphatic rings. The molecule has 7 heteroatoms. The lowest BCUT2D eigenvalue weighted by atomic mass is 10.5. The Hall–Kier alpha value is -1.94. The van der Waals surface area contributed by atoms with Crippen LogP contribution in [0.4, 0.5) is 0 Å². The zero-order valence-electron chi connectivity index (χ0n) is 7.82. The quantitative estimate of drug-likeness (QED) is 0.735. The molecule has 15 heavy (non-hydrogen) atoms. The fourth-order valence-corrected chi connectivity index (χ4v) is 1.56. The average molecular weight is 218 g/mol. The molecule has 2 heterocycles. The molecule has 0 aliphatic heterocycles. The van der Waals surface area contributed by atoms with E-state index in [1.807, 2.05) is 13.1 Å². The molecular weight excluding hydrogens is 212 g/mol. The van der Waals surface area contributed by atoms with E-state index < -0.39 is 0 Å². The van der Waals surface area contributed by atoms with Crippen LogP contribution in [-0.2, 0) is 7.05 Å². The van der Waals surface area contributed by atoms with Gasteiger partial charge in [0, 0.05) is 7.05 Å². The maximum Gasteiger partial charge on any atom is 0.197 e. The van der Waals surface area contributed by atoms with Gasteiger partial charge >= 0.3 is 0 Å². The third-order valence-electron chi connectivity index (χ3n) is 1.61. The molecule has 0 spiro atoms. The molecule has 0 aromatic carbocycles. The summed E-state index contributed by atoms with van der Waals surface area (Å²) in [5, 5.41) is 17.6. The van der Waals surface area contributed by atoms with Gasteiger partial charge in [0.15, 0.2) is 10.9 Å². The first-order chi connectivity index (χ1) is 7.29. The van der Waals surface area contributed by atoms with Crippen LogP contribution in [0.15, 0.2) is 28.9 Å². The predicted molar refractivity (Wildman–Crippen MR) is 51.9 cm³/mol. The number of hydrogen-bond donors (Lipinski definition) is 0. The van der Waals surface area contributed by atoms with Crippen LogP contribution in [0.1, 0.15) is 5.69 Å². The van der Waals surface area contributed by atoms with Gasteiger partial charge in [0.1, 0.15) is 17.4 Å². The van der Waals surface area contributed by atoms with E-state index >= 15 is 0 Å². The van der Waals surface area contributed by atoms with Gasteiger partial charge in [-0.15, -0.1) is 10.2 Å². The van der Waals surface area contributed by atoms with Crippen LogP contribution in [-0.4, -0.2) is 24.7 Å². The molecule has 0 bridgehead atoms. The zero-order chi connectivity index (χ0) is 10.7. The Morgan fingerprint density at radius 3 is 2.80 bits per heavy atom. The summed E-state index contributed by atoms with van der Waals surface area (Å²) in [7, 11) is 1.85. The Bertz CT molecular complexity index is 497. The molecule has 0 saturated heterocycles. The van der Waals surface area contributed by atoms with Gasteiger partial charge in [-0.05, 0) is 11.8 Å². The highest BCUT2D eigenvalue weighted by Gasteiger charge is 2.04. The summed E-state index contributed by atoms with van der Waals surface area (Å²) in [6.45, 7) is 0. The highest BCUT2D eigenvalue weighted by Crippen LogP contribution is 2.21. The SMILES string of the molecule is Cn1cnnc1Sc1cnc(C#N)cn1. The van der Waals surface area contributed by atoms with Crippen molar-refractivity contribution in [2.75, 3.05) is 0 Å². The Morgan fingerprint density at radius 1 is 1.40 bits per heavy atom. The molecule has 2 aromatic rings. The van der Waals surface area contributed by atoms with E-state index in [9.17, 15) is 0 Å². The third-order valence-corrected chi connectivity index (χ3v) is 2.58. The summed E-state index contributed by atoms with van der Waals surface area (Å²) in [5.74, 6) is 0. The standard InChI is InChI=1S/C8H6N6S/c1-14-5-12-13-8(14)15-7-4-10-6(2-9)3-11-7/h3-5H,1H3. The largest absolute Gasteiger partial charge is 0.311 e. The molecule has 0 atom stereocenters. The lowest BCUT2D eigenvalue weighted by Crippen LogP contribution is -1.91. The number of aryl methyl sites for hydroxylation is 1. The Balaban J connectivity index is 2.19. The molecule has 0 N–H and O–H groups in total. The molecule has 0 unspecified atom stereocenters. The summed E-state index contributed by atoms with van der Waals surface area (Å²) >= 11 is 1.35. The van der Waals surface area contributed by atoms with Crippen molar-refractivity contribution in [3.63, 3.8) is 0 Å². The second-order valence-electron chi connectivity index (χ2n) is 2.68. The first kappa shape index (κ1) is 9.61. The maximum atomic E-state index is 8.54. The van der Waals surface area contributed by atoms with Gasteiger partial charge in [-0.1, -0.05) is 0 Å². The molecule has 6 nitrogen and oxygen atoms in total. The predicted octanol–water partition coefficient (Wildman–Crippen LogP) is 0.628. The van der Waals surface area contributed by atoms with Gasteiger partial charge < -0.3 is 4.57 Å².